The Morgan fingerprint density at radius 3 is 2.45 bits per heavy atom. The highest BCUT2D eigenvalue weighted by atomic mass is 32.2. The minimum Gasteiger partial charge on any atom is -0.316 e. The molecule has 2 atom stereocenters. The first kappa shape index (κ1) is 15.5. The predicted molar refractivity (Wildman–Crippen MR) is 81.3 cm³/mol. The lowest BCUT2D eigenvalue weighted by Crippen LogP contribution is -2.48. The molecular formula is C15H24N2O2S. The molecule has 0 bridgehead atoms. The molecule has 0 radical (unpaired) electrons. The third-order valence-corrected chi connectivity index (χ3v) is 5.45. The van der Waals surface area contributed by atoms with E-state index < -0.39 is 10.0 Å². The minimum absolute atomic E-state index is 0.0195. The second-order valence-corrected chi connectivity index (χ2v) is 7.64. The molecular weight excluding hydrogens is 272 g/mol. The summed E-state index contributed by atoms with van der Waals surface area (Å²) in [6.07, 6.45) is 0.838. The Kier molecular flexibility index (Phi) is 4.83. The van der Waals surface area contributed by atoms with Crippen molar-refractivity contribution in [3.05, 3.63) is 29.8 Å². The molecule has 1 fully saturated rings. The average Bonchev–Trinajstić information content (AvgIpc) is 2.41. The van der Waals surface area contributed by atoms with Crippen LogP contribution in [-0.2, 0) is 10.0 Å². The number of benzene rings is 1. The van der Waals surface area contributed by atoms with Crippen LogP contribution < -0.4 is 10.0 Å². The summed E-state index contributed by atoms with van der Waals surface area (Å²) < 4.78 is 27.6. The molecule has 2 unspecified atom stereocenters. The highest BCUT2D eigenvalue weighted by Crippen LogP contribution is 2.19. The lowest BCUT2D eigenvalue weighted by Gasteiger charge is -2.30. The standard InChI is InChI=1S/C15H24N2O2S/c1-11(2)13-4-6-14(7-5-13)20(18,19)17-15-8-9-16-10-12(15)3/h4-7,11-12,15-17H,8-10H2,1-3H3. The fourth-order valence-electron chi connectivity index (χ4n) is 2.49. The summed E-state index contributed by atoms with van der Waals surface area (Å²) >= 11 is 0. The van der Waals surface area contributed by atoms with Crippen LogP contribution in [0.3, 0.4) is 0 Å². The van der Waals surface area contributed by atoms with Crippen molar-refractivity contribution in [1.29, 1.82) is 0 Å². The van der Waals surface area contributed by atoms with Crippen LogP contribution in [0.2, 0.25) is 0 Å². The Morgan fingerprint density at radius 2 is 1.90 bits per heavy atom. The molecule has 0 amide bonds. The van der Waals surface area contributed by atoms with Crippen LogP contribution in [0, 0.1) is 5.92 Å². The van der Waals surface area contributed by atoms with Gasteiger partial charge < -0.3 is 5.32 Å². The third kappa shape index (κ3) is 3.59. The summed E-state index contributed by atoms with van der Waals surface area (Å²) in [5, 5.41) is 3.28. The van der Waals surface area contributed by atoms with Crippen molar-refractivity contribution < 1.29 is 8.42 Å². The second-order valence-electron chi connectivity index (χ2n) is 5.92. The van der Waals surface area contributed by atoms with E-state index >= 15 is 0 Å². The zero-order chi connectivity index (χ0) is 14.8. The molecule has 1 aliphatic heterocycles. The number of sulfonamides is 1. The Balaban J connectivity index is 2.13. The van der Waals surface area contributed by atoms with Gasteiger partial charge in [0, 0.05) is 6.04 Å². The highest BCUT2D eigenvalue weighted by molar-refractivity contribution is 7.89. The van der Waals surface area contributed by atoms with Gasteiger partial charge in [0.1, 0.15) is 0 Å². The molecule has 0 saturated carbocycles. The van der Waals surface area contributed by atoms with Crippen molar-refractivity contribution in [3.8, 4) is 0 Å². The lowest BCUT2D eigenvalue weighted by atomic mass is 9.97. The van der Waals surface area contributed by atoms with Gasteiger partial charge in [0.15, 0.2) is 0 Å². The maximum atomic E-state index is 12.4. The van der Waals surface area contributed by atoms with Gasteiger partial charge in [0.2, 0.25) is 10.0 Å². The monoisotopic (exact) mass is 296 g/mol. The smallest absolute Gasteiger partial charge is 0.240 e. The molecule has 0 spiro atoms. The van der Waals surface area contributed by atoms with E-state index in [0.717, 1.165) is 25.1 Å². The summed E-state index contributed by atoms with van der Waals surface area (Å²) in [7, 11) is -3.41. The van der Waals surface area contributed by atoms with Crippen LogP contribution in [0.4, 0.5) is 0 Å². The number of hydrogen-bond acceptors (Lipinski definition) is 3. The first-order chi connectivity index (χ1) is 9.40. The number of hydrogen-bond donors (Lipinski definition) is 2. The van der Waals surface area contributed by atoms with Crippen LogP contribution in [0.15, 0.2) is 29.2 Å². The molecule has 20 heavy (non-hydrogen) atoms. The molecule has 5 heteroatoms. The van der Waals surface area contributed by atoms with Gasteiger partial charge in [0.25, 0.3) is 0 Å². The predicted octanol–water partition coefficient (Wildman–Crippen LogP) is 2.09. The summed E-state index contributed by atoms with van der Waals surface area (Å²) in [6, 6.07) is 7.20. The van der Waals surface area contributed by atoms with E-state index in [1.54, 1.807) is 12.1 Å². The fraction of sp³-hybridized carbons (Fsp3) is 0.600. The van der Waals surface area contributed by atoms with Gasteiger partial charge in [-0.2, -0.15) is 0 Å². The summed E-state index contributed by atoms with van der Waals surface area (Å²) in [6.45, 7) is 7.99. The Bertz CT molecular complexity index is 537. The van der Waals surface area contributed by atoms with Gasteiger partial charge in [-0.3, -0.25) is 0 Å². The zero-order valence-electron chi connectivity index (χ0n) is 12.4. The van der Waals surface area contributed by atoms with E-state index in [0.29, 0.717) is 16.7 Å². The van der Waals surface area contributed by atoms with Gasteiger partial charge in [-0.1, -0.05) is 32.9 Å². The van der Waals surface area contributed by atoms with Crippen molar-refractivity contribution in [2.45, 2.75) is 44.0 Å². The van der Waals surface area contributed by atoms with E-state index in [-0.39, 0.29) is 6.04 Å². The molecule has 1 saturated heterocycles. The molecule has 2 N–H and O–H groups in total. The van der Waals surface area contributed by atoms with Crippen molar-refractivity contribution in [2.75, 3.05) is 13.1 Å². The number of nitrogens with one attached hydrogen (secondary N) is 2. The average molecular weight is 296 g/mol. The van der Waals surface area contributed by atoms with Gasteiger partial charge in [-0.05, 0) is 49.0 Å². The first-order valence-corrected chi connectivity index (χ1v) is 8.71. The van der Waals surface area contributed by atoms with E-state index in [9.17, 15) is 8.42 Å². The summed E-state index contributed by atoms with van der Waals surface area (Å²) in [5.74, 6) is 0.720. The highest BCUT2D eigenvalue weighted by Gasteiger charge is 2.26. The van der Waals surface area contributed by atoms with E-state index in [4.69, 9.17) is 0 Å². The van der Waals surface area contributed by atoms with Crippen molar-refractivity contribution in [2.24, 2.45) is 5.92 Å². The minimum atomic E-state index is -3.41. The molecule has 1 aromatic rings. The number of piperidine rings is 1. The number of rotatable bonds is 4. The molecule has 4 nitrogen and oxygen atoms in total. The van der Waals surface area contributed by atoms with Crippen molar-refractivity contribution >= 4 is 10.0 Å². The normalized spacial score (nSPS) is 24.0. The summed E-state index contributed by atoms with van der Waals surface area (Å²) in [5.41, 5.74) is 1.15. The van der Waals surface area contributed by atoms with E-state index in [2.05, 4.69) is 30.8 Å². The molecule has 0 aliphatic carbocycles. The SMILES string of the molecule is CC(C)c1ccc(S(=O)(=O)NC2CCNCC2C)cc1. The largest absolute Gasteiger partial charge is 0.316 e. The Hall–Kier alpha value is -0.910. The van der Waals surface area contributed by atoms with Crippen LogP contribution in [0.5, 0.6) is 0 Å². The molecule has 1 aromatic carbocycles. The molecule has 1 heterocycles. The topological polar surface area (TPSA) is 58.2 Å². The van der Waals surface area contributed by atoms with Crippen LogP contribution >= 0.6 is 0 Å². The quantitative estimate of drug-likeness (QED) is 0.894. The zero-order valence-corrected chi connectivity index (χ0v) is 13.2. The van der Waals surface area contributed by atoms with Gasteiger partial charge in [-0.15, -0.1) is 0 Å². The van der Waals surface area contributed by atoms with E-state index in [1.807, 2.05) is 12.1 Å². The fourth-order valence-corrected chi connectivity index (χ4v) is 3.87. The van der Waals surface area contributed by atoms with Crippen molar-refractivity contribution in [1.82, 2.24) is 10.0 Å². The summed E-state index contributed by atoms with van der Waals surface area (Å²) in [4.78, 5) is 0.354. The van der Waals surface area contributed by atoms with Gasteiger partial charge in [-0.25, -0.2) is 13.1 Å². The first-order valence-electron chi connectivity index (χ1n) is 7.23. The van der Waals surface area contributed by atoms with Gasteiger partial charge >= 0.3 is 0 Å². The second kappa shape index (κ2) is 6.24. The van der Waals surface area contributed by atoms with Gasteiger partial charge in [0.05, 0.1) is 4.90 Å². The maximum Gasteiger partial charge on any atom is 0.240 e. The molecule has 112 valence electrons. The lowest BCUT2D eigenvalue weighted by molar-refractivity contribution is 0.328. The molecule has 2 rings (SSSR count). The van der Waals surface area contributed by atoms with Crippen molar-refractivity contribution in [3.63, 3.8) is 0 Å². The van der Waals surface area contributed by atoms with E-state index in [1.165, 1.54) is 0 Å². The van der Waals surface area contributed by atoms with Crippen LogP contribution in [-0.4, -0.2) is 27.5 Å². The van der Waals surface area contributed by atoms with Crippen LogP contribution in [0.1, 0.15) is 38.7 Å². The maximum absolute atomic E-state index is 12.4. The Labute approximate surface area is 122 Å². The van der Waals surface area contributed by atoms with Crippen LogP contribution in [0.25, 0.3) is 0 Å². The molecule has 0 aromatic heterocycles. The Morgan fingerprint density at radius 1 is 1.25 bits per heavy atom. The molecule has 1 aliphatic rings. The third-order valence-electron chi connectivity index (χ3n) is 3.95.